The average molecular weight is 639 g/mol. The van der Waals surface area contributed by atoms with E-state index in [1.165, 1.54) is 19.5 Å². The Kier molecular flexibility index (Phi) is 8.44. The fraction of sp³-hybridized carbons (Fsp3) is 0.179. The number of fused-ring (bicyclic) bond motifs is 2. The number of pyridine rings is 1. The van der Waals surface area contributed by atoms with Crippen molar-refractivity contribution in [2.24, 2.45) is 0 Å². The van der Waals surface area contributed by atoms with Crippen molar-refractivity contribution in [3.8, 4) is 11.4 Å². The van der Waals surface area contributed by atoms with Crippen LogP contribution in [0, 0.1) is 0 Å². The van der Waals surface area contributed by atoms with Crippen molar-refractivity contribution in [1.82, 2.24) is 19.9 Å². The first-order valence-electron chi connectivity index (χ1n) is 15.9. The highest BCUT2D eigenvalue weighted by atomic mass is 16.5. The molecule has 1 aliphatic rings. The van der Waals surface area contributed by atoms with E-state index in [1.54, 1.807) is 12.1 Å². The number of nitrogens with one attached hydrogen (secondary N) is 2. The highest BCUT2D eigenvalue weighted by Gasteiger charge is 2.40. The molecule has 3 heterocycles. The van der Waals surface area contributed by atoms with Crippen molar-refractivity contribution in [3.63, 3.8) is 0 Å². The van der Waals surface area contributed by atoms with Crippen LogP contribution in [0.25, 0.3) is 16.6 Å². The molecule has 1 atom stereocenters. The minimum atomic E-state index is -0.917. The average Bonchev–Trinajstić information content (AvgIpc) is 3.14. The van der Waals surface area contributed by atoms with E-state index in [0.717, 1.165) is 38.8 Å². The summed E-state index contributed by atoms with van der Waals surface area (Å²) >= 11 is 0. The van der Waals surface area contributed by atoms with Crippen LogP contribution in [0.4, 0.5) is 0 Å². The quantitative estimate of drug-likeness (QED) is 0.168. The molecule has 240 valence electrons. The number of nitrogens with zero attached hydrogens (tertiary/aromatic N) is 2. The number of aromatic amines is 1. The number of hydrogen-bond donors (Lipinski definition) is 2. The number of aromatic nitrogens is 3. The van der Waals surface area contributed by atoms with Gasteiger partial charge in [-0.05, 0) is 59.2 Å². The van der Waals surface area contributed by atoms with Crippen molar-refractivity contribution in [2.45, 2.75) is 30.8 Å². The Morgan fingerprint density at radius 3 is 2.15 bits per heavy atom. The predicted octanol–water partition coefficient (Wildman–Crippen LogP) is 5.06. The van der Waals surface area contributed by atoms with Gasteiger partial charge in [-0.2, -0.15) is 0 Å². The first-order chi connectivity index (χ1) is 23.5. The van der Waals surface area contributed by atoms with Crippen molar-refractivity contribution < 1.29 is 14.3 Å². The Morgan fingerprint density at radius 2 is 1.54 bits per heavy atom. The molecule has 2 aromatic heterocycles. The molecule has 4 aromatic carbocycles. The number of methoxy groups -OCH3 is 1. The van der Waals surface area contributed by atoms with Gasteiger partial charge in [-0.15, -0.1) is 0 Å². The van der Waals surface area contributed by atoms with Gasteiger partial charge in [0.15, 0.2) is 0 Å². The van der Waals surface area contributed by atoms with Gasteiger partial charge in [0.05, 0.1) is 42.0 Å². The number of hydrogen-bond acceptors (Lipinski definition) is 7. The molecular formula is C39H34N4O5. The Labute approximate surface area is 276 Å². The number of H-pyrrole nitrogens is 1. The summed E-state index contributed by atoms with van der Waals surface area (Å²) in [4.78, 5) is 47.4. The SMILES string of the molecule is COC(=O)[C@H](Cc1ccc(-n2c(=O)[nH]c3cnccc3c2=O)c2c1CCCO2)NC(c1ccccc1)(c1ccccc1)c1ccccc1. The lowest BCUT2D eigenvalue weighted by molar-refractivity contribution is -0.143. The zero-order valence-electron chi connectivity index (χ0n) is 26.4. The first kappa shape index (κ1) is 30.8. The summed E-state index contributed by atoms with van der Waals surface area (Å²) in [6.45, 7) is 0.436. The molecule has 0 radical (unpaired) electrons. The van der Waals surface area contributed by atoms with Crippen LogP contribution in [0.3, 0.4) is 0 Å². The molecular weight excluding hydrogens is 604 g/mol. The molecule has 0 unspecified atom stereocenters. The second-order valence-corrected chi connectivity index (χ2v) is 11.8. The molecule has 6 aromatic rings. The molecule has 9 heteroatoms. The monoisotopic (exact) mass is 638 g/mol. The molecule has 0 spiro atoms. The lowest BCUT2D eigenvalue weighted by Gasteiger charge is -2.39. The number of benzene rings is 4. The summed E-state index contributed by atoms with van der Waals surface area (Å²) in [6, 6.07) is 34.6. The van der Waals surface area contributed by atoms with Gasteiger partial charge >= 0.3 is 11.7 Å². The van der Waals surface area contributed by atoms with Gasteiger partial charge in [0.2, 0.25) is 0 Å². The number of esters is 1. The maximum atomic E-state index is 13.7. The van der Waals surface area contributed by atoms with E-state index in [2.05, 4.69) is 51.7 Å². The van der Waals surface area contributed by atoms with Gasteiger partial charge in [-0.3, -0.25) is 19.9 Å². The first-order valence-corrected chi connectivity index (χ1v) is 15.9. The van der Waals surface area contributed by atoms with Crippen molar-refractivity contribution in [2.75, 3.05) is 13.7 Å². The van der Waals surface area contributed by atoms with E-state index in [0.29, 0.717) is 35.4 Å². The van der Waals surface area contributed by atoms with Gasteiger partial charge in [0.25, 0.3) is 5.56 Å². The molecule has 0 saturated carbocycles. The minimum absolute atomic E-state index is 0.265. The maximum Gasteiger partial charge on any atom is 0.333 e. The van der Waals surface area contributed by atoms with Gasteiger partial charge in [0.1, 0.15) is 11.8 Å². The Bertz CT molecular complexity index is 2100. The van der Waals surface area contributed by atoms with Gasteiger partial charge in [0, 0.05) is 6.20 Å². The van der Waals surface area contributed by atoms with Crippen LogP contribution in [0.5, 0.6) is 5.75 Å². The second-order valence-electron chi connectivity index (χ2n) is 11.8. The molecule has 2 N–H and O–H groups in total. The zero-order valence-corrected chi connectivity index (χ0v) is 26.4. The molecule has 1 aliphatic heterocycles. The fourth-order valence-electron chi connectivity index (χ4n) is 6.80. The number of rotatable bonds is 9. The molecule has 0 saturated heterocycles. The molecule has 0 amide bonds. The van der Waals surface area contributed by atoms with Crippen LogP contribution in [-0.2, 0) is 27.9 Å². The highest BCUT2D eigenvalue weighted by Crippen LogP contribution is 2.39. The van der Waals surface area contributed by atoms with Crippen LogP contribution >= 0.6 is 0 Å². The maximum absolute atomic E-state index is 13.7. The summed E-state index contributed by atoms with van der Waals surface area (Å²) in [6.07, 6.45) is 4.63. The molecule has 7 rings (SSSR count). The summed E-state index contributed by atoms with van der Waals surface area (Å²) in [5.74, 6) is 0.0383. The largest absolute Gasteiger partial charge is 0.491 e. The van der Waals surface area contributed by atoms with Gasteiger partial charge < -0.3 is 14.5 Å². The van der Waals surface area contributed by atoms with Crippen molar-refractivity contribution in [1.29, 1.82) is 0 Å². The lowest BCUT2D eigenvalue weighted by atomic mass is 9.76. The van der Waals surface area contributed by atoms with Crippen LogP contribution in [0.1, 0.15) is 34.2 Å². The van der Waals surface area contributed by atoms with E-state index >= 15 is 0 Å². The Morgan fingerprint density at radius 1 is 0.917 bits per heavy atom. The normalized spacial score (nSPS) is 13.4. The van der Waals surface area contributed by atoms with E-state index in [4.69, 9.17) is 9.47 Å². The van der Waals surface area contributed by atoms with Crippen molar-refractivity contribution >= 4 is 16.9 Å². The summed E-state index contributed by atoms with van der Waals surface area (Å²) in [7, 11) is 1.39. The van der Waals surface area contributed by atoms with E-state index in [1.807, 2.05) is 60.7 Å². The summed E-state index contributed by atoms with van der Waals surface area (Å²) in [5, 5.41) is 4.12. The zero-order chi connectivity index (χ0) is 33.1. The smallest absolute Gasteiger partial charge is 0.333 e. The Hall–Kier alpha value is -5.80. The number of carbonyl (C=O) groups is 1. The summed E-state index contributed by atoms with van der Waals surface area (Å²) < 4.78 is 12.7. The minimum Gasteiger partial charge on any atom is -0.491 e. The second kappa shape index (κ2) is 13.1. The van der Waals surface area contributed by atoms with Gasteiger partial charge in [-0.25, -0.2) is 9.36 Å². The van der Waals surface area contributed by atoms with Crippen LogP contribution in [0.15, 0.2) is 131 Å². The third-order valence-electron chi connectivity index (χ3n) is 9.02. The van der Waals surface area contributed by atoms with Gasteiger partial charge in [-0.1, -0.05) is 97.1 Å². The fourth-order valence-corrected chi connectivity index (χ4v) is 6.80. The lowest BCUT2D eigenvalue weighted by Crippen LogP contribution is -2.53. The molecule has 0 bridgehead atoms. The van der Waals surface area contributed by atoms with E-state index in [-0.39, 0.29) is 6.42 Å². The van der Waals surface area contributed by atoms with Crippen LogP contribution in [0.2, 0.25) is 0 Å². The van der Waals surface area contributed by atoms with Crippen molar-refractivity contribution in [3.05, 3.63) is 170 Å². The molecule has 48 heavy (non-hydrogen) atoms. The third kappa shape index (κ3) is 5.48. The number of ether oxygens (including phenoxy) is 2. The third-order valence-corrected chi connectivity index (χ3v) is 9.02. The number of carbonyl (C=O) groups excluding carboxylic acids is 1. The van der Waals surface area contributed by atoms with Crippen LogP contribution < -0.4 is 21.3 Å². The predicted molar refractivity (Wildman–Crippen MR) is 184 cm³/mol. The molecule has 9 nitrogen and oxygen atoms in total. The highest BCUT2D eigenvalue weighted by molar-refractivity contribution is 5.78. The molecule has 0 aliphatic carbocycles. The Balaban J connectivity index is 1.37. The molecule has 0 fully saturated rings. The van der Waals surface area contributed by atoms with E-state index < -0.39 is 28.8 Å². The standard InChI is InChI=1S/C39H34N4O5/c1-47-37(45)32(42-39(27-12-5-2-6-13-27,28-14-7-3-8-15-28)29-16-9-4-10-17-29)24-26-19-20-34(35-30(26)18-11-23-48-35)43-36(44)31-21-22-40-25-33(31)41-38(43)46/h2-10,12-17,19-22,25,32,42H,11,18,23-24H2,1H3,(H,41,46)/t32-/m0/s1. The summed E-state index contributed by atoms with van der Waals surface area (Å²) in [5.41, 5.74) is 3.33. The van der Waals surface area contributed by atoms with E-state index in [9.17, 15) is 14.4 Å². The van der Waals surface area contributed by atoms with Crippen LogP contribution in [-0.4, -0.2) is 40.3 Å². The topological polar surface area (TPSA) is 115 Å².